The van der Waals surface area contributed by atoms with E-state index in [4.69, 9.17) is 15.1 Å². The Hall–Kier alpha value is -2.30. The Balaban J connectivity index is 4.75. The Morgan fingerprint density at radius 3 is 2.25 bits per heavy atom. The summed E-state index contributed by atoms with van der Waals surface area (Å²) in [4.78, 5) is 33.8. The number of amides is 1. The van der Waals surface area contributed by atoms with Crippen molar-refractivity contribution in [1.82, 2.24) is 5.32 Å². The van der Waals surface area contributed by atoms with Gasteiger partial charge in [-0.3, -0.25) is 4.79 Å². The van der Waals surface area contributed by atoms with Crippen LogP contribution in [0.15, 0.2) is 0 Å². The summed E-state index contributed by atoms with van der Waals surface area (Å²) < 4.78 is 9.28. The molecule has 0 aliphatic heterocycles. The van der Waals surface area contributed by atoms with E-state index in [-0.39, 0.29) is 0 Å². The van der Waals surface area contributed by atoms with Crippen molar-refractivity contribution >= 4 is 18.0 Å². The lowest BCUT2D eigenvalue weighted by Gasteiger charge is -2.22. The molecule has 8 heteroatoms. The highest BCUT2D eigenvalue weighted by Gasteiger charge is 2.30. The van der Waals surface area contributed by atoms with Gasteiger partial charge in [0, 0.05) is 6.42 Å². The number of rotatable bonds is 5. The molecular formula is C12H18N2O6. The maximum atomic E-state index is 11.5. The molecule has 1 amide bonds. The molecule has 0 unspecified atom stereocenters. The van der Waals surface area contributed by atoms with E-state index in [1.54, 1.807) is 26.8 Å². The summed E-state index contributed by atoms with van der Waals surface area (Å²) in [5, 5.41) is 19.9. The van der Waals surface area contributed by atoms with E-state index in [0.717, 1.165) is 7.11 Å². The number of nitrogens with one attached hydrogen (secondary N) is 1. The highest BCUT2D eigenvalue weighted by Crippen LogP contribution is 2.11. The third-order valence-electron chi connectivity index (χ3n) is 2.10. The number of nitriles is 1. The zero-order valence-corrected chi connectivity index (χ0v) is 11.8. The number of nitrogens with zero attached hydrogens (tertiary/aromatic N) is 1. The number of esters is 1. The van der Waals surface area contributed by atoms with Crippen LogP contribution >= 0.6 is 0 Å². The van der Waals surface area contributed by atoms with Crippen LogP contribution in [0.25, 0.3) is 0 Å². The molecule has 20 heavy (non-hydrogen) atoms. The van der Waals surface area contributed by atoms with Gasteiger partial charge in [-0.25, -0.2) is 9.59 Å². The summed E-state index contributed by atoms with van der Waals surface area (Å²) >= 11 is 0. The van der Waals surface area contributed by atoms with Gasteiger partial charge in [0.15, 0.2) is 0 Å². The zero-order chi connectivity index (χ0) is 15.9. The number of carboxylic acid groups (broad SMARTS) is 1. The minimum Gasteiger partial charge on any atom is -0.480 e. The van der Waals surface area contributed by atoms with E-state index in [2.05, 4.69) is 10.1 Å². The van der Waals surface area contributed by atoms with E-state index < -0.39 is 42.0 Å². The molecule has 0 aliphatic carbocycles. The van der Waals surface area contributed by atoms with Crippen molar-refractivity contribution < 1.29 is 29.0 Å². The van der Waals surface area contributed by atoms with Crippen LogP contribution in [0.5, 0.6) is 0 Å². The van der Waals surface area contributed by atoms with Gasteiger partial charge < -0.3 is 19.9 Å². The average Bonchev–Trinajstić information content (AvgIpc) is 2.30. The van der Waals surface area contributed by atoms with E-state index in [1.807, 2.05) is 0 Å². The molecule has 0 rings (SSSR count). The van der Waals surface area contributed by atoms with Gasteiger partial charge in [-0.2, -0.15) is 5.26 Å². The maximum Gasteiger partial charge on any atom is 0.408 e. The quantitative estimate of drug-likeness (QED) is 0.711. The van der Waals surface area contributed by atoms with Crippen molar-refractivity contribution in [2.24, 2.45) is 5.92 Å². The van der Waals surface area contributed by atoms with Gasteiger partial charge in [0.1, 0.15) is 17.6 Å². The first-order valence-corrected chi connectivity index (χ1v) is 5.80. The van der Waals surface area contributed by atoms with Crippen LogP contribution < -0.4 is 5.32 Å². The van der Waals surface area contributed by atoms with E-state index in [1.165, 1.54) is 0 Å². The van der Waals surface area contributed by atoms with Gasteiger partial charge >= 0.3 is 18.0 Å². The smallest absolute Gasteiger partial charge is 0.408 e. The van der Waals surface area contributed by atoms with E-state index in [0.29, 0.717) is 0 Å². The first-order chi connectivity index (χ1) is 9.10. The monoisotopic (exact) mass is 286 g/mol. The van der Waals surface area contributed by atoms with Gasteiger partial charge in [-0.15, -0.1) is 0 Å². The summed E-state index contributed by atoms with van der Waals surface area (Å²) in [6, 6.07) is 0.207. The molecule has 8 nitrogen and oxygen atoms in total. The molecule has 2 N–H and O–H groups in total. The van der Waals surface area contributed by atoms with Crippen LogP contribution in [0.3, 0.4) is 0 Å². The van der Waals surface area contributed by atoms with Crippen LogP contribution in [0.4, 0.5) is 4.79 Å². The molecule has 0 saturated carbocycles. The number of ether oxygens (including phenoxy) is 2. The molecule has 0 aromatic heterocycles. The van der Waals surface area contributed by atoms with Gasteiger partial charge in [0.25, 0.3) is 0 Å². The lowest BCUT2D eigenvalue weighted by Crippen LogP contribution is -2.45. The molecule has 112 valence electrons. The van der Waals surface area contributed by atoms with Crippen LogP contribution in [0.2, 0.25) is 0 Å². The summed E-state index contributed by atoms with van der Waals surface area (Å²) in [5.41, 5.74) is -0.788. The molecule has 0 fully saturated rings. The number of aliphatic carboxylic acids is 1. The molecule has 0 bridgehead atoms. The molecule has 0 aromatic rings. The highest BCUT2D eigenvalue weighted by molar-refractivity contribution is 5.82. The number of hydrogen-bond donors (Lipinski definition) is 2. The first kappa shape index (κ1) is 17.7. The van der Waals surface area contributed by atoms with Gasteiger partial charge in [-0.05, 0) is 20.8 Å². The van der Waals surface area contributed by atoms with Gasteiger partial charge in [-0.1, -0.05) is 0 Å². The Kier molecular flexibility index (Phi) is 6.49. The summed E-state index contributed by atoms with van der Waals surface area (Å²) in [5.74, 6) is -3.51. The van der Waals surface area contributed by atoms with Crippen molar-refractivity contribution in [2.75, 3.05) is 7.11 Å². The molecule has 0 radical (unpaired) electrons. The SMILES string of the molecule is COC(=O)[C@H](C#N)C[C@H](NC(=O)OC(C)(C)C)C(=O)O. The van der Waals surface area contributed by atoms with Gasteiger partial charge in [0.05, 0.1) is 13.2 Å². The number of hydrogen-bond acceptors (Lipinski definition) is 6. The zero-order valence-electron chi connectivity index (χ0n) is 11.8. The number of methoxy groups -OCH3 is 1. The van der Waals surface area contributed by atoms with Crippen molar-refractivity contribution in [3.05, 3.63) is 0 Å². The Morgan fingerprint density at radius 1 is 1.35 bits per heavy atom. The van der Waals surface area contributed by atoms with E-state index in [9.17, 15) is 14.4 Å². The second kappa shape index (κ2) is 7.33. The number of alkyl carbamates (subject to hydrolysis) is 1. The van der Waals surface area contributed by atoms with Crippen molar-refractivity contribution in [1.29, 1.82) is 5.26 Å². The van der Waals surface area contributed by atoms with Crippen LogP contribution in [0.1, 0.15) is 27.2 Å². The number of carbonyl (C=O) groups excluding carboxylic acids is 2. The fourth-order valence-electron chi connectivity index (χ4n) is 1.25. The normalized spacial score (nSPS) is 13.6. The van der Waals surface area contributed by atoms with E-state index >= 15 is 0 Å². The molecular weight excluding hydrogens is 268 g/mol. The summed E-state index contributed by atoms with van der Waals surface area (Å²) in [7, 11) is 1.09. The van der Waals surface area contributed by atoms with Crippen molar-refractivity contribution in [3.8, 4) is 6.07 Å². The number of carbonyl (C=O) groups is 3. The largest absolute Gasteiger partial charge is 0.480 e. The second-order valence-electron chi connectivity index (χ2n) is 4.98. The lowest BCUT2D eigenvalue weighted by molar-refractivity contribution is -0.145. The van der Waals surface area contributed by atoms with Crippen LogP contribution in [0, 0.1) is 17.2 Å². The predicted molar refractivity (Wildman–Crippen MR) is 66.5 cm³/mol. The minimum absolute atomic E-state index is 0.405. The molecule has 0 spiro atoms. The Bertz CT molecular complexity index is 421. The molecule has 0 heterocycles. The van der Waals surface area contributed by atoms with Crippen LogP contribution in [-0.4, -0.2) is 41.9 Å². The molecule has 0 saturated heterocycles. The lowest BCUT2D eigenvalue weighted by atomic mass is 10.0. The van der Waals surface area contributed by atoms with Gasteiger partial charge in [0.2, 0.25) is 0 Å². The first-order valence-electron chi connectivity index (χ1n) is 5.80. The standard InChI is InChI=1S/C12H18N2O6/c1-12(2,3)20-11(18)14-8(9(15)16)5-7(6-13)10(17)19-4/h7-8H,5H2,1-4H3,(H,14,18)(H,15,16)/t7-,8-/m0/s1. The van der Waals surface area contributed by atoms with Crippen molar-refractivity contribution in [2.45, 2.75) is 38.8 Å². The average molecular weight is 286 g/mol. The maximum absolute atomic E-state index is 11.5. The van der Waals surface area contributed by atoms with Crippen LogP contribution in [-0.2, 0) is 19.1 Å². The Labute approximate surface area is 116 Å². The fraction of sp³-hybridized carbons (Fsp3) is 0.667. The predicted octanol–water partition coefficient (Wildman–Crippen LogP) is 0.667. The highest BCUT2D eigenvalue weighted by atomic mass is 16.6. The molecule has 2 atom stereocenters. The molecule has 0 aromatic carbocycles. The number of carboxylic acids is 1. The fourth-order valence-corrected chi connectivity index (χ4v) is 1.25. The topological polar surface area (TPSA) is 126 Å². The third kappa shape index (κ3) is 6.58. The summed E-state index contributed by atoms with van der Waals surface area (Å²) in [6.07, 6.45) is -1.34. The minimum atomic E-state index is -1.42. The Morgan fingerprint density at radius 2 is 1.90 bits per heavy atom. The summed E-state index contributed by atoms with van der Waals surface area (Å²) in [6.45, 7) is 4.86. The molecule has 0 aliphatic rings. The second-order valence-corrected chi connectivity index (χ2v) is 4.98. The van der Waals surface area contributed by atoms with Crippen molar-refractivity contribution in [3.63, 3.8) is 0 Å². The third-order valence-corrected chi connectivity index (χ3v) is 2.10.